The Bertz CT molecular complexity index is 608. The zero-order valence-electron chi connectivity index (χ0n) is 13.9. The summed E-state index contributed by atoms with van der Waals surface area (Å²) in [6.07, 6.45) is 7.73. The molecule has 0 radical (unpaired) electrons. The van der Waals surface area contributed by atoms with Gasteiger partial charge in [-0.2, -0.15) is 5.10 Å². The van der Waals surface area contributed by atoms with E-state index in [9.17, 15) is 5.11 Å². The average molecular weight is 314 g/mol. The van der Waals surface area contributed by atoms with E-state index in [4.69, 9.17) is 0 Å². The normalized spacial score (nSPS) is 19.1. The second kappa shape index (κ2) is 7.59. The molecule has 2 heterocycles. The number of hydrogen-bond donors (Lipinski definition) is 1. The molecule has 3 rings (SSSR count). The van der Waals surface area contributed by atoms with Crippen molar-refractivity contribution >= 4 is 0 Å². The largest absolute Gasteiger partial charge is 0.508 e. The molecule has 0 spiro atoms. The second-order valence-electron chi connectivity index (χ2n) is 6.32. The summed E-state index contributed by atoms with van der Waals surface area (Å²) in [5, 5.41) is 13.7. The van der Waals surface area contributed by atoms with Gasteiger partial charge in [0.15, 0.2) is 0 Å². The summed E-state index contributed by atoms with van der Waals surface area (Å²) in [4.78, 5) is 7.00. The molecule has 5 nitrogen and oxygen atoms in total. The number of rotatable bonds is 6. The third kappa shape index (κ3) is 4.10. The minimum atomic E-state index is 0.340. The Morgan fingerprint density at radius 3 is 2.83 bits per heavy atom. The van der Waals surface area contributed by atoms with Gasteiger partial charge < -0.3 is 5.11 Å². The maximum Gasteiger partial charge on any atom is 0.141 e. The molecule has 1 fully saturated rings. The lowest BCUT2D eigenvalue weighted by atomic mass is 9.96. The van der Waals surface area contributed by atoms with Gasteiger partial charge in [-0.05, 0) is 56.8 Å². The number of aromatic hydroxyl groups is 1. The van der Waals surface area contributed by atoms with Crippen molar-refractivity contribution in [2.24, 2.45) is 0 Å². The standard InChI is InChI=1S/C18H26N4O/c1-2-22-18(19-14-20-22)13-21-12-4-3-5-16(21)9-6-15-7-10-17(23)11-8-15/h7-8,10-11,14,16,23H,2-6,9,12-13H2,1H3/t16-/m1/s1. The average Bonchev–Trinajstić information content (AvgIpc) is 3.03. The second-order valence-corrected chi connectivity index (χ2v) is 6.32. The van der Waals surface area contributed by atoms with E-state index < -0.39 is 0 Å². The zero-order chi connectivity index (χ0) is 16.1. The van der Waals surface area contributed by atoms with Crippen LogP contribution in [0, 0.1) is 0 Å². The Labute approximate surface area is 138 Å². The monoisotopic (exact) mass is 314 g/mol. The molecule has 1 aromatic heterocycles. The third-order valence-corrected chi connectivity index (χ3v) is 4.79. The molecular weight excluding hydrogens is 288 g/mol. The fourth-order valence-electron chi connectivity index (χ4n) is 3.45. The molecule has 0 amide bonds. The Morgan fingerprint density at radius 2 is 2.04 bits per heavy atom. The Balaban J connectivity index is 1.61. The van der Waals surface area contributed by atoms with Gasteiger partial charge in [0.1, 0.15) is 17.9 Å². The molecule has 0 unspecified atom stereocenters. The molecule has 0 saturated carbocycles. The first-order valence-corrected chi connectivity index (χ1v) is 8.65. The zero-order valence-corrected chi connectivity index (χ0v) is 13.9. The number of aryl methyl sites for hydroxylation is 2. The molecule has 1 aliphatic heterocycles. The van der Waals surface area contributed by atoms with Crippen molar-refractivity contribution in [2.75, 3.05) is 6.54 Å². The predicted molar refractivity (Wildman–Crippen MR) is 90.2 cm³/mol. The summed E-state index contributed by atoms with van der Waals surface area (Å²) in [6.45, 7) is 5.03. The van der Waals surface area contributed by atoms with Crippen molar-refractivity contribution in [3.05, 3.63) is 42.0 Å². The van der Waals surface area contributed by atoms with Crippen LogP contribution in [0.25, 0.3) is 0 Å². The van der Waals surface area contributed by atoms with Gasteiger partial charge in [0, 0.05) is 12.6 Å². The SMILES string of the molecule is CCn1ncnc1CN1CCCC[C@@H]1CCc1ccc(O)cc1. The summed E-state index contributed by atoms with van der Waals surface area (Å²) < 4.78 is 1.99. The van der Waals surface area contributed by atoms with E-state index in [1.165, 1.54) is 24.8 Å². The number of aromatic nitrogens is 3. The highest BCUT2D eigenvalue weighted by molar-refractivity contribution is 5.25. The number of likely N-dealkylation sites (tertiary alicyclic amines) is 1. The van der Waals surface area contributed by atoms with Crippen LogP contribution in [0.4, 0.5) is 0 Å². The van der Waals surface area contributed by atoms with Gasteiger partial charge in [0.05, 0.1) is 6.54 Å². The number of piperidine rings is 1. The lowest BCUT2D eigenvalue weighted by molar-refractivity contribution is 0.127. The van der Waals surface area contributed by atoms with Crippen LogP contribution in [0.5, 0.6) is 5.75 Å². The molecule has 23 heavy (non-hydrogen) atoms. The van der Waals surface area contributed by atoms with Crippen LogP contribution in [0.2, 0.25) is 0 Å². The van der Waals surface area contributed by atoms with Crippen LogP contribution in [0.15, 0.2) is 30.6 Å². The van der Waals surface area contributed by atoms with Gasteiger partial charge >= 0.3 is 0 Å². The summed E-state index contributed by atoms with van der Waals surface area (Å²) in [6, 6.07) is 8.21. The van der Waals surface area contributed by atoms with Gasteiger partial charge in [0.25, 0.3) is 0 Å². The summed E-state index contributed by atoms with van der Waals surface area (Å²) in [5.74, 6) is 1.41. The van der Waals surface area contributed by atoms with Gasteiger partial charge in [-0.3, -0.25) is 4.90 Å². The number of phenolic OH excluding ortho intramolecular Hbond substituents is 1. The van der Waals surface area contributed by atoms with E-state index in [1.54, 1.807) is 18.5 Å². The van der Waals surface area contributed by atoms with E-state index in [0.717, 1.165) is 38.3 Å². The van der Waals surface area contributed by atoms with Gasteiger partial charge in [0.2, 0.25) is 0 Å². The molecule has 0 aliphatic carbocycles. The van der Waals surface area contributed by atoms with Crippen molar-refractivity contribution in [1.29, 1.82) is 0 Å². The maximum absolute atomic E-state index is 9.39. The van der Waals surface area contributed by atoms with Crippen molar-refractivity contribution in [1.82, 2.24) is 19.7 Å². The summed E-state index contributed by atoms with van der Waals surface area (Å²) in [7, 11) is 0. The van der Waals surface area contributed by atoms with E-state index in [0.29, 0.717) is 11.8 Å². The first-order valence-electron chi connectivity index (χ1n) is 8.65. The van der Waals surface area contributed by atoms with Crippen LogP contribution in [0.1, 0.15) is 44.0 Å². The van der Waals surface area contributed by atoms with Crippen LogP contribution in [-0.4, -0.2) is 37.4 Å². The number of hydrogen-bond acceptors (Lipinski definition) is 4. The third-order valence-electron chi connectivity index (χ3n) is 4.79. The van der Waals surface area contributed by atoms with Crippen molar-refractivity contribution in [3.63, 3.8) is 0 Å². The van der Waals surface area contributed by atoms with Gasteiger partial charge in [-0.25, -0.2) is 9.67 Å². The van der Waals surface area contributed by atoms with Crippen molar-refractivity contribution in [3.8, 4) is 5.75 Å². The first kappa shape index (κ1) is 16.0. The number of phenols is 1. The van der Waals surface area contributed by atoms with E-state index >= 15 is 0 Å². The highest BCUT2D eigenvalue weighted by Crippen LogP contribution is 2.23. The summed E-state index contributed by atoms with van der Waals surface area (Å²) in [5.41, 5.74) is 1.30. The van der Waals surface area contributed by atoms with Crippen LogP contribution in [-0.2, 0) is 19.5 Å². The molecule has 1 saturated heterocycles. The molecule has 5 heteroatoms. The molecule has 1 aromatic carbocycles. The number of nitrogens with zero attached hydrogens (tertiary/aromatic N) is 4. The smallest absolute Gasteiger partial charge is 0.141 e. The molecular formula is C18H26N4O. The van der Waals surface area contributed by atoms with E-state index in [1.807, 2.05) is 16.8 Å². The topological polar surface area (TPSA) is 54.2 Å². The fourth-order valence-corrected chi connectivity index (χ4v) is 3.45. The molecule has 124 valence electrons. The molecule has 1 aliphatic rings. The van der Waals surface area contributed by atoms with Gasteiger partial charge in [-0.15, -0.1) is 0 Å². The van der Waals surface area contributed by atoms with Crippen LogP contribution >= 0.6 is 0 Å². The van der Waals surface area contributed by atoms with Gasteiger partial charge in [-0.1, -0.05) is 18.6 Å². The molecule has 2 aromatic rings. The van der Waals surface area contributed by atoms with Crippen LogP contribution in [0.3, 0.4) is 0 Å². The first-order chi connectivity index (χ1) is 11.3. The summed E-state index contributed by atoms with van der Waals surface area (Å²) >= 11 is 0. The van der Waals surface area contributed by atoms with Crippen molar-refractivity contribution in [2.45, 2.75) is 58.2 Å². The Kier molecular flexibility index (Phi) is 5.28. The van der Waals surface area contributed by atoms with Crippen molar-refractivity contribution < 1.29 is 5.11 Å². The highest BCUT2D eigenvalue weighted by atomic mass is 16.3. The van der Waals surface area contributed by atoms with Crippen LogP contribution < -0.4 is 0 Å². The fraction of sp³-hybridized carbons (Fsp3) is 0.556. The van der Waals surface area contributed by atoms with E-state index in [2.05, 4.69) is 21.9 Å². The minimum absolute atomic E-state index is 0.340. The minimum Gasteiger partial charge on any atom is -0.508 e. The quantitative estimate of drug-likeness (QED) is 0.890. The Hall–Kier alpha value is -1.88. The molecule has 0 bridgehead atoms. The Morgan fingerprint density at radius 1 is 1.22 bits per heavy atom. The maximum atomic E-state index is 9.39. The van der Waals surface area contributed by atoms with E-state index in [-0.39, 0.29) is 0 Å². The molecule has 1 N–H and O–H groups in total. The molecule has 1 atom stereocenters. The highest BCUT2D eigenvalue weighted by Gasteiger charge is 2.23. The lowest BCUT2D eigenvalue weighted by Gasteiger charge is -2.35. The lowest BCUT2D eigenvalue weighted by Crippen LogP contribution is -2.39. The predicted octanol–water partition coefficient (Wildman–Crippen LogP) is 2.99. The number of benzene rings is 1.